The maximum Gasteiger partial charge on any atom is 0.249 e. The van der Waals surface area contributed by atoms with Crippen molar-refractivity contribution < 1.29 is 4.79 Å². The number of nitrogens with one attached hydrogen (secondary N) is 2. The number of carbonyl (C=O) groups excluding carboxylic acids is 1. The monoisotopic (exact) mass is 384 g/mol. The minimum absolute atomic E-state index is 0.188. The molecule has 5 nitrogen and oxygen atoms in total. The lowest BCUT2D eigenvalue weighted by Gasteiger charge is -2.12. The Morgan fingerprint density at radius 3 is 2.73 bits per heavy atom. The Balaban J connectivity index is 1.82. The number of benzene rings is 2. The van der Waals surface area contributed by atoms with E-state index >= 15 is 0 Å². The molecule has 0 saturated carbocycles. The fraction of sp³-hybridized carbons (Fsp3) is 0.105. The fourth-order valence-corrected chi connectivity index (χ4v) is 3.33. The fourth-order valence-electron chi connectivity index (χ4n) is 2.94. The van der Waals surface area contributed by atoms with Crippen LogP contribution in [-0.4, -0.2) is 27.9 Å². The lowest BCUT2D eigenvalue weighted by molar-refractivity contribution is -0.117. The molecule has 1 amide bonds. The molecule has 4 rings (SSSR count). The zero-order valence-corrected chi connectivity index (χ0v) is 15.1. The Hall–Kier alpha value is -2.63. The molecular formula is C19H14Cl2N4O. The van der Waals surface area contributed by atoms with Crippen molar-refractivity contribution in [2.75, 3.05) is 5.32 Å². The van der Waals surface area contributed by atoms with Gasteiger partial charge in [-0.05, 0) is 29.8 Å². The van der Waals surface area contributed by atoms with Crippen LogP contribution in [0.2, 0.25) is 10.0 Å². The van der Waals surface area contributed by atoms with E-state index in [2.05, 4.69) is 15.5 Å². The molecule has 2 heterocycles. The van der Waals surface area contributed by atoms with Gasteiger partial charge in [0.25, 0.3) is 0 Å². The van der Waals surface area contributed by atoms with Crippen LogP contribution < -0.4 is 5.32 Å². The van der Waals surface area contributed by atoms with Crippen LogP contribution in [0.4, 0.5) is 5.69 Å². The van der Waals surface area contributed by atoms with Gasteiger partial charge >= 0.3 is 0 Å². The van der Waals surface area contributed by atoms with Crippen LogP contribution in [0.15, 0.2) is 59.9 Å². The topological polar surface area (TPSA) is 70.1 Å². The molecule has 1 unspecified atom stereocenters. The molecule has 130 valence electrons. The van der Waals surface area contributed by atoms with Crippen LogP contribution in [0.3, 0.4) is 0 Å². The normalized spacial score (nSPS) is 16.5. The molecule has 2 N–H and O–H groups in total. The first kappa shape index (κ1) is 16.8. The third-order valence-corrected chi connectivity index (χ3v) is 4.83. The third-order valence-electron chi connectivity index (χ3n) is 4.22. The zero-order chi connectivity index (χ0) is 18.1. The standard InChI is InChI=1S/C19H14Cl2N4O/c20-13-5-6-16-14(8-13)18(12-9-22-23-10-12)24-17(19(26)25-16)7-11-3-1-2-4-15(11)21/h1-6,8-10,17H,7H2,(H,22,23)(H,25,26). The van der Waals surface area contributed by atoms with Crippen molar-refractivity contribution in [3.05, 3.63) is 81.6 Å². The van der Waals surface area contributed by atoms with E-state index < -0.39 is 6.04 Å². The molecule has 0 fully saturated rings. The van der Waals surface area contributed by atoms with Crippen molar-refractivity contribution >= 4 is 40.5 Å². The summed E-state index contributed by atoms with van der Waals surface area (Å²) in [4.78, 5) is 17.5. The number of aromatic amines is 1. The summed E-state index contributed by atoms with van der Waals surface area (Å²) < 4.78 is 0. The predicted octanol–water partition coefficient (Wildman–Crippen LogP) is 4.12. The second-order valence-electron chi connectivity index (χ2n) is 5.96. The average molecular weight is 385 g/mol. The van der Waals surface area contributed by atoms with Crippen molar-refractivity contribution in [1.29, 1.82) is 0 Å². The number of amides is 1. The lowest BCUT2D eigenvalue weighted by atomic mass is 10.0. The van der Waals surface area contributed by atoms with E-state index in [4.69, 9.17) is 28.2 Å². The van der Waals surface area contributed by atoms with Gasteiger partial charge in [0.05, 0.1) is 17.6 Å². The van der Waals surface area contributed by atoms with Gasteiger partial charge in [0.1, 0.15) is 6.04 Å². The van der Waals surface area contributed by atoms with Gasteiger partial charge in [-0.15, -0.1) is 0 Å². The molecule has 1 atom stereocenters. The first-order valence-corrected chi connectivity index (χ1v) is 8.78. The molecule has 0 radical (unpaired) electrons. The second-order valence-corrected chi connectivity index (χ2v) is 6.80. The van der Waals surface area contributed by atoms with Crippen LogP contribution in [0.5, 0.6) is 0 Å². The number of aliphatic imine (C=N–C) groups is 1. The summed E-state index contributed by atoms with van der Waals surface area (Å²) in [5, 5.41) is 10.9. The number of halogens is 2. The molecule has 26 heavy (non-hydrogen) atoms. The smallest absolute Gasteiger partial charge is 0.249 e. The van der Waals surface area contributed by atoms with Gasteiger partial charge in [0.2, 0.25) is 5.91 Å². The number of fused-ring (bicyclic) bond motifs is 1. The van der Waals surface area contributed by atoms with Crippen LogP contribution >= 0.6 is 23.2 Å². The van der Waals surface area contributed by atoms with Crippen molar-refractivity contribution in [3.8, 4) is 0 Å². The van der Waals surface area contributed by atoms with Gasteiger partial charge in [-0.2, -0.15) is 5.10 Å². The summed E-state index contributed by atoms with van der Waals surface area (Å²) in [5.74, 6) is -0.188. The first-order chi connectivity index (χ1) is 12.6. The zero-order valence-electron chi connectivity index (χ0n) is 13.5. The van der Waals surface area contributed by atoms with Gasteiger partial charge < -0.3 is 5.32 Å². The number of nitrogens with zero attached hydrogens (tertiary/aromatic N) is 2. The summed E-state index contributed by atoms with van der Waals surface area (Å²) in [6, 6.07) is 12.2. The molecule has 0 spiro atoms. The maximum absolute atomic E-state index is 12.8. The predicted molar refractivity (Wildman–Crippen MR) is 103 cm³/mol. The van der Waals surface area contributed by atoms with Crippen LogP contribution in [0, 0.1) is 0 Å². The van der Waals surface area contributed by atoms with Crippen molar-refractivity contribution in [2.24, 2.45) is 4.99 Å². The Morgan fingerprint density at radius 2 is 1.96 bits per heavy atom. The van der Waals surface area contributed by atoms with E-state index in [0.717, 1.165) is 16.7 Å². The summed E-state index contributed by atoms with van der Waals surface area (Å²) in [7, 11) is 0. The number of hydrogen-bond acceptors (Lipinski definition) is 3. The molecular weight excluding hydrogens is 371 g/mol. The minimum atomic E-state index is -0.619. The second kappa shape index (κ2) is 6.94. The summed E-state index contributed by atoms with van der Waals surface area (Å²) >= 11 is 12.4. The Kier molecular flexibility index (Phi) is 4.49. The van der Waals surface area contributed by atoms with E-state index in [9.17, 15) is 4.79 Å². The Bertz CT molecular complexity index is 999. The highest BCUT2D eigenvalue weighted by Crippen LogP contribution is 2.28. The summed E-state index contributed by atoms with van der Waals surface area (Å²) in [5.41, 5.74) is 3.74. The Labute approximate surface area is 160 Å². The molecule has 1 aliphatic rings. The van der Waals surface area contributed by atoms with Crippen molar-refractivity contribution in [1.82, 2.24) is 10.2 Å². The van der Waals surface area contributed by atoms with Gasteiger partial charge in [0, 0.05) is 33.8 Å². The largest absolute Gasteiger partial charge is 0.324 e. The van der Waals surface area contributed by atoms with E-state index in [-0.39, 0.29) is 5.91 Å². The molecule has 3 aromatic rings. The number of carbonyl (C=O) groups is 1. The van der Waals surface area contributed by atoms with E-state index in [1.54, 1.807) is 36.7 Å². The molecule has 7 heteroatoms. The summed E-state index contributed by atoms with van der Waals surface area (Å²) in [6.07, 6.45) is 3.81. The third kappa shape index (κ3) is 3.23. The van der Waals surface area contributed by atoms with Gasteiger partial charge in [-0.25, -0.2) is 0 Å². The van der Waals surface area contributed by atoms with Gasteiger partial charge in [-0.1, -0.05) is 41.4 Å². The first-order valence-electron chi connectivity index (χ1n) is 8.03. The number of hydrogen-bond donors (Lipinski definition) is 2. The number of H-pyrrole nitrogens is 1. The lowest BCUT2D eigenvalue weighted by Crippen LogP contribution is -2.27. The highest BCUT2D eigenvalue weighted by atomic mass is 35.5. The number of rotatable bonds is 3. The summed E-state index contributed by atoms with van der Waals surface area (Å²) in [6.45, 7) is 0. The van der Waals surface area contributed by atoms with Crippen LogP contribution in [0.1, 0.15) is 16.7 Å². The van der Waals surface area contributed by atoms with Crippen LogP contribution in [0.25, 0.3) is 0 Å². The number of anilines is 1. The molecule has 2 aromatic carbocycles. The van der Waals surface area contributed by atoms with Gasteiger partial charge in [0.15, 0.2) is 0 Å². The molecule has 0 bridgehead atoms. The number of aromatic nitrogens is 2. The number of benzodiazepines with no additional fused rings is 1. The van der Waals surface area contributed by atoms with Crippen LogP contribution in [-0.2, 0) is 11.2 Å². The van der Waals surface area contributed by atoms with Crippen molar-refractivity contribution in [3.63, 3.8) is 0 Å². The maximum atomic E-state index is 12.8. The van der Waals surface area contributed by atoms with E-state index in [1.807, 2.05) is 18.2 Å². The SMILES string of the molecule is O=C1Nc2ccc(Cl)cc2C(c2cn[nH]c2)=NC1Cc1ccccc1Cl. The molecule has 0 saturated heterocycles. The molecule has 1 aromatic heterocycles. The van der Waals surface area contributed by atoms with Gasteiger partial charge in [-0.3, -0.25) is 14.9 Å². The Morgan fingerprint density at radius 1 is 1.12 bits per heavy atom. The molecule has 1 aliphatic heterocycles. The highest BCUT2D eigenvalue weighted by molar-refractivity contribution is 6.32. The van der Waals surface area contributed by atoms with Crippen molar-refractivity contribution in [2.45, 2.75) is 12.5 Å². The average Bonchev–Trinajstić information content (AvgIpc) is 3.12. The quantitative estimate of drug-likeness (QED) is 0.712. The van der Waals surface area contributed by atoms with E-state index in [1.165, 1.54) is 0 Å². The minimum Gasteiger partial charge on any atom is -0.324 e. The van der Waals surface area contributed by atoms with E-state index in [0.29, 0.717) is 27.9 Å². The molecule has 0 aliphatic carbocycles. The highest BCUT2D eigenvalue weighted by Gasteiger charge is 2.27.